The lowest BCUT2D eigenvalue weighted by Gasteiger charge is -2.22. The molecule has 0 unspecified atom stereocenters. The number of hydrogen-bond donors (Lipinski definition) is 0. The van der Waals surface area contributed by atoms with E-state index < -0.39 is 16.2 Å². The van der Waals surface area contributed by atoms with Crippen LogP contribution in [0.3, 0.4) is 0 Å². The Bertz CT molecular complexity index is 497. The summed E-state index contributed by atoms with van der Waals surface area (Å²) in [4.78, 5) is 21.9. The van der Waals surface area contributed by atoms with E-state index in [0.29, 0.717) is 16.3 Å². The van der Waals surface area contributed by atoms with E-state index in [9.17, 15) is 14.9 Å². The monoisotopic (exact) mass is 366 g/mol. The molecule has 0 radical (unpaired) electrons. The van der Waals surface area contributed by atoms with Crippen molar-refractivity contribution in [1.29, 1.82) is 0 Å². The molecule has 0 aliphatic carbocycles. The van der Waals surface area contributed by atoms with Crippen LogP contribution in [-0.4, -0.2) is 14.8 Å². The third-order valence-corrected chi connectivity index (χ3v) is 4.14. The average Bonchev–Trinajstić information content (AvgIpc) is 2.22. The molecule has 0 spiro atoms. The third kappa shape index (κ3) is 3.64. The number of halogens is 2. The number of hydrogen-bond acceptors (Lipinski definition) is 3. The summed E-state index contributed by atoms with van der Waals surface area (Å²) in [6.45, 7) is 4.36. The van der Waals surface area contributed by atoms with E-state index in [1.807, 2.05) is 13.8 Å². The number of alkyl halides is 1. The van der Waals surface area contributed by atoms with E-state index in [1.54, 1.807) is 6.20 Å². The highest BCUT2D eigenvalue weighted by molar-refractivity contribution is 9.10. The molecule has 0 saturated carbocycles. The molecule has 1 rings (SSSR count). The molecule has 0 aromatic carbocycles. The minimum atomic E-state index is -0.662. The fourth-order valence-electron chi connectivity index (χ4n) is 1.34. The van der Waals surface area contributed by atoms with Gasteiger partial charge >= 0.3 is 11.2 Å². The molecule has 1 aromatic heterocycles. The maximum absolute atomic E-state index is 11.8. The smallest absolute Gasteiger partial charge is 0.308 e. The van der Waals surface area contributed by atoms with Crippen molar-refractivity contribution in [3.63, 3.8) is 0 Å². The van der Waals surface area contributed by atoms with Crippen molar-refractivity contribution in [3.8, 4) is 0 Å². The maximum Gasteiger partial charge on any atom is 0.335 e. The van der Waals surface area contributed by atoms with Crippen LogP contribution in [0.25, 0.3) is 0 Å². The first-order valence-electron chi connectivity index (χ1n) is 4.87. The van der Waals surface area contributed by atoms with Crippen molar-refractivity contribution >= 4 is 37.5 Å². The summed E-state index contributed by atoms with van der Waals surface area (Å²) in [5.74, 6) is 0. The SMILES string of the molecule is CC(C)(CBr)Cn1cc(Br)cc([N+](=O)[O-])c1=O. The molecule has 0 saturated heterocycles. The van der Waals surface area contributed by atoms with E-state index >= 15 is 0 Å². The van der Waals surface area contributed by atoms with Crippen LogP contribution in [0.2, 0.25) is 0 Å². The van der Waals surface area contributed by atoms with Gasteiger partial charge < -0.3 is 4.57 Å². The Hall–Kier alpha value is -0.690. The molecule has 0 aliphatic rings. The second kappa shape index (κ2) is 5.30. The summed E-state index contributed by atoms with van der Waals surface area (Å²) in [6, 6.07) is 1.22. The molecular formula is C10H12Br2N2O3. The van der Waals surface area contributed by atoms with Crippen LogP contribution in [0.15, 0.2) is 21.5 Å². The van der Waals surface area contributed by atoms with Crippen molar-refractivity contribution in [2.24, 2.45) is 5.41 Å². The number of nitro groups is 1. The lowest BCUT2D eigenvalue weighted by atomic mass is 9.97. The van der Waals surface area contributed by atoms with E-state index in [2.05, 4.69) is 31.9 Å². The normalized spacial score (nSPS) is 11.5. The van der Waals surface area contributed by atoms with Crippen LogP contribution in [0.5, 0.6) is 0 Å². The van der Waals surface area contributed by atoms with Crippen molar-refractivity contribution in [2.45, 2.75) is 20.4 Å². The topological polar surface area (TPSA) is 65.1 Å². The molecule has 1 heterocycles. The second-order valence-electron chi connectivity index (χ2n) is 4.53. The minimum Gasteiger partial charge on any atom is -0.308 e. The second-order valence-corrected chi connectivity index (χ2v) is 6.01. The van der Waals surface area contributed by atoms with Gasteiger partial charge in [-0.1, -0.05) is 29.8 Å². The standard InChI is InChI=1S/C10H12Br2N2O3/c1-10(2,5-11)6-13-4-7(12)3-8(9(13)15)14(16)17/h3-4H,5-6H2,1-2H3. The van der Waals surface area contributed by atoms with Gasteiger partial charge in [-0.15, -0.1) is 0 Å². The molecule has 1 aromatic rings. The predicted molar refractivity (Wildman–Crippen MR) is 72.6 cm³/mol. The van der Waals surface area contributed by atoms with Gasteiger partial charge in [-0.05, 0) is 21.3 Å². The Labute approximate surface area is 115 Å². The average molecular weight is 368 g/mol. The molecule has 0 atom stereocenters. The Morgan fingerprint density at radius 2 is 2.12 bits per heavy atom. The van der Waals surface area contributed by atoms with E-state index in [-0.39, 0.29) is 5.41 Å². The number of nitrogens with zero attached hydrogens (tertiary/aromatic N) is 2. The Balaban J connectivity index is 3.26. The summed E-state index contributed by atoms with van der Waals surface area (Å²) >= 11 is 6.53. The molecule has 0 N–H and O–H groups in total. The van der Waals surface area contributed by atoms with E-state index in [4.69, 9.17) is 0 Å². The number of aromatic nitrogens is 1. The van der Waals surface area contributed by atoms with Gasteiger partial charge in [0.05, 0.1) is 4.92 Å². The molecule has 5 nitrogen and oxygen atoms in total. The fourth-order valence-corrected chi connectivity index (χ4v) is 1.98. The van der Waals surface area contributed by atoms with Crippen molar-refractivity contribution < 1.29 is 4.92 Å². The van der Waals surface area contributed by atoms with Gasteiger partial charge in [0.15, 0.2) is 0 Å². The third-order valence-electron chi connectivity index (χ3n) is 2.19. The minimum absolute atomic E-state index is 0.154. The maximum atomic E-state index is 11.8. The first-order chi connectivity index (χ1) is 7.76. The number of rotatable bonds is 4. The molecule has 7 heteroatoms. The van der Waals surface area contributed by atoms with Gasteiger partial charge in [0.1, 0.15) is 0 Å². The summed E-state index contributed by atoms with van der Waals surface area (Å²) in [5.41, 5.74) is -1.14. The van der Waals surface area contributed by atoms with E-state index in [1.165, 1.54) is 10.6 Å². The van der Waals surface area contributed by atoms with Gasteiger partial charge in [-0.25, -0.2) is 0 Å². The van der Waals surface area contributed by atoms with Crippen molar-refractivity contribution in [3.05, 3.63) is 37.2 Å². The van der Waals surface area contributed by atoms with Gasteiger partial charge in [0, 0.05) is 28.6 Å². The molecule has 17 heavy (non-hydrogen) atoms. The Morgan fingerprint density at radius 1 is 1.53 bits per heavy atom. The van der Waals surface area contributed by atoms with Crippen LogP contribution in [-0.2, 0) is 6.54 Å². The molecule has 0 bridgehead atoms. The van der Waals surface area contributed by atoms with Crippen LogP contribution in [0.4, 0.5) is 5.69 Å². The largest absolute Gasteiger partial charge is 0.335 e. The molecule has 94 valence electrons. The first kappa shape index (κ1) is 14.4. The fraction of sp³-hybridized carbons (Fsp3) is 0.500. The summed E-state index contributed by atoms with van der Waals surface area (Å²) in [6.07, 6.45) is 1.57. The van der Waals surface area contributed by atoms with Gasteiger partial charge in [-0.2, -0.15) is 0 Å². The zero-order chi connectivity index (χ0) is 13.2. The quantitative estimate of drug-likeness (QED) is 0.466. The Kier molecular flexibility index (Phi) is 4.48. The van der Waals surface area contributed by atoms with E-state index in [0.717, 1.165) is 0 Å². The van der Waals surface area contributed by atoms with Crippen LogP contribution in [0.1, 0.15) is 13.8 Å². The lowest BCUT2D eigenvalue weighted by molar-refractivity contribution is -0.386. The highest BCUT2D eigenvalue weighted by Crippen LogP contribution is 2.22. The van der Waals surface area contributed by atoms with Crippen molar-refractivity contribution in [2.75, 3.05) is 5.33 Å². The molecular weight excluding hydrogens is 356 g/mol. The van der Waals surface area contributed by atoms with Gasteiger partial charge in [0.2, 0.25) is 0 Å². The number of pyridine rings is 1. The molecule has 0 aliphatic heterocycles. The molecule has 0 amide bonds. The van der Waals surface area contributed by atoms with Crippen LogP contribution in [0, 0.1) is 15.5 Å². The van der Waals surface area contributed by atoms with Crippen LogP contribution >= 0.6 is 31.9 Å². The first-order valence-corrected chi connectivity index (χ1v) is 6.78. The molecule has 0 fully saturated rings. The van der Waals surface area contributed by atoms with Crippen LogP contribution < -0.4 is 5.56 Å². The van der Waals surface area contributed by atoms with Crippen molar-refractivity contribution in [1.82, 2.24) is 4.57 Å². The summed E-state index contributed by atoms with van der Waals surface area (Å²) in [7, 11) is 0. The van der Waals surface area contributed by atoms with Gasteiger partial charge in [0.25, 0.3) is 0 Å². The lowest BCUT2D eigenvalue weighted by Crippen LogP contribution is -2.30. The highest BCUT2D eigenvalue weighted by atomic mass is 79.9. The highest BCUT2D eigenvalue weighted by Gasteiger charge is 2.21. The zero-order valence-electron chi connectivity index (χ0n) is 9.44. The summed E-state index contributed by atoms with van der Waals surface area (Å²) in [5, 5.41) is 11.4. The summed E-state index contributed by atoms with van der Waals surface area (Å²) < 4.78 is 1.89. The zero-order valence-corrected chi connectivity index (χ0v) is 12.6. The predicted octanol–water partition coefficient (Wildman–Crippen LogP) is 2.94. The van der Waals surface area contributed by atoms with Gasteiger partial charge in [-0.3, -0.25) is 14.9 Å². The Morgan fingerprint density at radius 3 is 2.59 bits per heavy atom.